The molecule has 0 N–H and O–H groups in total. The average Bonchev–Trinajstić information content (AvgIpc) is 2.67. The van der Waals surface area contributed by atoms with E-state index in [1.807, 2.05) is 17.0 Å². The molecule has 0 radical (unpaired) electrons. The van der Waals surface area contributed by atoms with E-state index in [0.29, 0.717) is 25.5 Å². The summed E-state index contributed by atoms with van der Waals surface area (Å²) < 4.78 is 10.6. The van der Waals surface area contributed by atoms with Crippen molar-refractivity contribution in [3.8, 4) is 5.75 Å². The molecule has 1 amide bonds. The van der Waals surface area contributed by atoms with Crippen molar-refractivity contribution in [2.45, 2.75) is 25.8 Å². The minimum Gasteiger partial charge on any atom is -0.496 e. The fraction of sp³-hybridized carbons (Fsp3) is 0.571. The van der Waals surface area contributed by atoms with E-state index in [2.05, 4.69) is 23.6 Å². The van der Waals surface area contributed by atoms with Gasteiger partial charge in [0.05, 0.1) is 13.7 Å². The maximum absolute atomic E-state index is 12.3. The number of ether oxygens (including phenoxy) is 2. The van der Waals surface area contributed by atoms with Crippen molar-refractivity contribution >= 4 is 5.91 Å². The van der Waals surface area contributed by atoms with Crippen LogP contribution in [0.25, 0.3) is 0 Å². The van der Waals surface area contributed by atoms with Gasteiger partial charge in [0.2, 0.25) is 5.91 Å². The largest absolute Gasteiger partial charge is 0.496 e. The molecule has 1 aromatic carbocycles. The first kappa shape index (κ1) is 20.5. The van der Waals surface area contributed by atoms with Crippen molar-refractivity contribution in [3.63, 3.8) is 0 Å². The third-order valence-corrected chi connectivity index (χ3v) is 5.01. The molecule has 1 heterocycles. The van der Waals surface area contributed by atoms with Gasteiger partial charge >= 0.3 is 0 Å². The van der Waals surface area contributed by atoms with Crippen LogP contribution in [0.2, 0.25) is 0 Å². The third kappa shape index (κ3) is 6.15. The van der Waals surface area contributed by atoms with E-state index in [-0.39, 0.29) is 5.91 Å². The lowest BCUT2D eigenvalue weighted by molar-refractivity contribution is -0.131. The Hall–Kier alpha value is -1.85. The van der Waals surface area contributed by atoms with Gasteiger partial charge < -0.3 is 14.4 Å². The fourth-order valence-electron chi connectivity index (χ4n) is 3.49. The smallest absolute Gasteiger partial charge is 0.226 e. The highest BCUT2D eigenvalue weighted by atomic mass is 16.5. The summed E-state index contributed by atoms with van der Waals surface area (Å²) in [4.78, 5) is 16.7. The summed E-state index contributed by atoms with van der Waals surface area (Å²) in [7, 11) is 3.40. The number of likely N-dealkylation sites (tertiary alicyclic amines) is 1. The number of amides is 1. The van der Waals surface area contributed by atoms with Crippen LogP contribution in [0.5, 0.6) is 5.75 Å². The molecule has 0 aromatic heterocycles. The Morgan fingerprint density at radius 2 is 2.04 bits per heavy atom. The van der Waals surface area contributed by atoms with E-state index in [9.17, 15) is 4.79 Å². The predicted octanol–water partition coefficient (Wildman–Crippen LogP) is 2.96. The van der Waals surface area contributed by atoms with Crippen LogP contribution >= 0.6 is 0 Å². The lowest BCUT2D eigenvalue weighted by atomic mass is 9.95. The molecule has 5 heteroatoms. The van der Waals surface area contributed by atoms with Crippen LogP contribution in [-0.2, 0) is 16.1 Å². The molecule has 0 aliphatic carbocycles. The zero-order valence-electron chi connectivity index (χ0n) is 16.2. The van der Waals surface area contributed by atoms with Gasteiger partial charge in [-0.05, 0) is 37.9 Å². The molecule has 0 unspecified atom stereocenters. The normalized spacial score (nSPS) is 15.6. The van der Waals surface area contributed by atoms with Crippen LogP contribution in [0.15, 0.2) is 36.9 Å². The molecule has 5 nitrogen and oxygen atoms in total. The SMILES string of the molecule is C=CCC(=O)N(CCOC)CC1CCN(Cc2ccccc2OC)CC1. The van der Waals surface area contributed by atoms with E-state index in [0.717, 1.165) is 44.8 Å². The van der Waals surface area contributed by atoms with E-state index >= 15 is 0 Å². The van der Waals surface area contributed by atoms with Crippen LogP contribution in [0, 0.1) is 5.92 Å². The highest BCUT2D eigenvalue weighted by Gasteiger charge is 2.23. The molecule has 1 aliphatic rings. The fourth-order valence-corrected chi connectivity index (χ4v) is 3.49. The first-order valence-corrected chi connectivity index (χ1v) is 9.39. The number of benzene rings is 1. The Kier molecular flexibility index (Phi) is 8.65. The van der Waals surface area contributed by atoms with Crippen LogP contribution < -0.4 is 4.74 Å². The Labute approximate surface area is 157 Å². The summed E-state index contributed by atoms with van der Waals surface area (Å²) in [6.07, 6.45) is 4.30. The first-order chi connectivity index (χ1) is 12.7. The second-order valence-corrected chi connectivity index (χ2v) is 6.86. The number of piperidine rings is 1. The van der Waals surface area contributed by atoms with Gasteiger partial charge in [0.15, 0.2) is 0 Å². The third-order valence-electron chi connectivity index (χ3n) is 5.01. The standard InChI is InChI=1S/C21H32N2O3/c1-4-7-21(24)23(14-15-25-2)16-18-10-12-22(13-11-18)17-19-8-5-6-9-20(19)26-3/h4-6,8-9,18H,1,7,10-17H2,2-3H3. The van der Waals surface area contributed by atoms with Gasteiger partial charge in [0.25, 0.3) is 0 Å². The molecule has 0 saturated carbocycles. The number of rotatable bonds is 10. The summed E-state index contributed by atoms with van der Waals surface area (Å²) in [5.41, 5.74) is 1.23. The van der Waals surface area contributed by atoms with Crippen molar-refractivity contribution in [3.05, 3.63) is 42.5 Å². The van der Waals surface area contributed by atoms with Crippen LogP contribution in [0.3, 0.4) is 0 Å². The lowest BCUT2D eigenvalue weighted by Crippen LogP contribution is -2.41. The van der Waals surface area contributed by atoms with E-state index < -0.39 is 0 Å². The number of carbonyl (C=O) groups excluding carboxylic acids is 1. The summed E-state index contributed by atoms with van der Waals surface area (Å²) in [5.74, 6) is 1.65. The number of para-hydroxylation sites is 1. The Balaban J connectivity index is 1.84. The Bertz CT molecular complexity index is 568. The quantitative estimate of drug-likeness (QED) is 0.602. The molecular weight excluding hydrogens is 328 g/mol. The van der Waals surface area contributed by atoms with Crippen LogP contribution in [0.4, 0.5) is 0 Å². The molecule has 0 bridgehead atoms. The van der Waals surface area contributed by atoms with Crippen LogP contribution in [-0.4, -0.2) is 62.7 Å². The van der Waals surface area contributed by atoms with Gasteiger partial charge in [0, 0.05) is 38.7 Å². The Morgan fingerprint density at radius 1 is 1.31 bits per heavy atom. The number of hydrogen-bond acceptors (Lipinski definition) is 4. The van der Waals surface area contributed by atoms with Crippen LogP contribution in [0.1, 0.15) is 24.8 Å². The second kappa shape index (κ2) is 11.0. The number of carbonyl (C=O) groups is 1. The van der Waals surface area contributed by atoms with E-state index in [1.54, 1.807) is 20.3 Å². The van der Waals surface area contributed by atoms with Gasteiger partial charge in [-0.1, -0.05) is 24.3 Å². The maximum Gasteiger partial charge on any atom is 0.226 e. The van der Waals surface area contributed by atoms with Crippen molar-refractivity contribution in [2.24, 2.45) is 5.92 Å². The van der Waals surface area contributed by atoms with Crippen molar-refractivity contribution in [1.82, 2.24) is 9.80 Å². The van der Waals surface area contributed by atoms with Gasteiger partial charge in [-0.3, -0.25) is 9.69 Å². The van der Waals surface area contributed by atoms with Gasteiger partial charge in [-0.15, -0.1) is 6.58 Å². The first-order valence-electron chi connectivity index (χ1n) is 9.39. The predicted molar refractivity (Wildman–Crippen MR) is 104 cm³/mol. The number of hydrogen-bond donors (Lipinski definition) is 0. The van der Waals surface area contributed by atoms with Crippen molar-refractivity contribution < 1.29 is 14.3 Å². The topological polar surface area (TPSA) is 42.0 Å². The zero-order chi connectivity index (χ0) is 18.8. The minimum atomic E-state index is 0.147. The maximum atomic E-state index is 12.3. The summed E-state index contributed by atoms with van der Waals surface area (Å²) in [6.45, 7) is 8.75. The molecular formula is C21H32N2O3. The Morgan fingerprint density at radius 3 is 2.69 bits per heavy atom. The monoisotopic (exact) mass is 360 g/mol. The molecule has 144 valence electrons. The molecule has 0 spiro atoms. The highest BCUT2D eigenvalue weighted by Crippen LogP contribution is 2.24. The van der Waals surface area contributed by atoms with Crippen molar-refractivity contribution in [2.75, 3.05) is 47.0 Å². The molecule has 1 aromatic rings. The number of methoxy groups -OCH3 is 2. The molecule has 2 rings (SSSR count). The average molecular weight is 360 g/mol. The lowest BCUT2D eigenvalue weighted by Gasteiger charge is -2.35. The van der Waals surface area contributed by atoms with Gasteiger partial charge in [0.1, 0.15) is 5.75 Å². The minimum absolute atomic E-state index is 0.147. The molecule has 1 fully saturated rings. The second-order valence-electron chi connectivity index (χ2n) is 6.86. The highest BCUT2D eigenvalue weighted by molar-refractivity contribution is 5.77. The summed E-state index contributed by atoms with van der Waals surface area (Å²) in [5, 5.41) is 0. The zero-order valence-corrected chi connectivity index (χ0v) is 16.2. The van der Waals surface area contributed by atoms with Gasteiger partial charge in [-0.25, -0.2) is 0 Å². The number of nitrogens with zero attached hydrogens (tertiary/aromatic N) is 2. The van der Waals surface area contributed by atoms with Gasteiger partial charge in [-0.2, -0.15) is 0 Å². The van der Waals surface area contributed by atoms with E-state index in [1.165, 1.54) is 5.56 Å². The van der Waals surface area contributed by atoms with E-state index in [4.69, 9.17) is 9.47 Å². The molecule has 1 saturated heterocycles. The molecule has 0 atom stereocenters. The summed E-state index contributed by atoms with van der Waals surface area (Å²) >= 11 is 0. The molecule has 1 aliphatic heterocycles. The summed E-state index contributed by atoms with van der Waals surface area (Å²) in [6, 6.07) is 8.21. The van der Waals surface area contributed by atoms with Crippen molar-refractivity contribution in [1.29, 1.82) is 0 Å². The molecule has 26 heavy (non-hydrogen) atoms.